The third-order valence-corrected chi connectivity index (χ3v) is 5.22. The summed E-state index contributed by atoms with van der Waals surface area (Å²) in [6.45, 7) is 5.71. The maximum Gasteiger partial charge on any atom is 0.363 e. The van der Waals surface area contributed by atoms with Crippen LogP contribution < -0.4 is 11.4 Å². The van der Waals surface area contributed by atoms with E-state index in [4.69, 9.17) is 19.9 Å². The number of nitrogens with zero attached hydrogens (tertiary/aromatic N) is 3. The van der Waals surface area contributed by atoms with Gasteiger partial charge in [0, 0.05) is 31.4 Å². The zero-order valence-electron chi connectivity index (χ0n) is 16.3. The third-order valence-electron chi connectivity index (χ3n) is 5.22. The van der Waals surface area contributed by atoms with Crippen LogP contribution in [0.15, 0.2) is 17.6 Å². The molecule has 2 fully saturated rings. The molecule has 2 aliphatic rings. The number of rotatable bonds is 7. The van der Waals surface area contributed by atoms with Gasteiger partial charge in [0.15, 0.2) is 0 Å². The molecular formula is C18H26N4O8. The minimum absolute atomic E-state index is 0.0536. The van der Waals surface area contributed by atoms with Gasteiger partial charge in [0.1, 0.15) is 30.7 Å². The fraction of sp³-hybridized carbons (Fsp3) is 0.611. The molecule has 0 saturated carbocycles. The molecule has 12 heteroatoms. The van der Waals surface area contributed by atoms with Crippen LogP contribution in [0, 0.1) is 0 Å². The Morgan fingerprint density at radius 3 is 2.73 bits per heavy atom. The van der Waals surface area contributed by atoms with Gasteiger partial charge in [0.25, 0.3) is 5.72 Å². The topological polar surface area (TPSA) is 170 Å². The van der Waals surface area contributed by atoms with E-state index in [-0.39, 0.29) is 18.0 Å². The van der Waals surface area contributed by atoms with Crippen molar-refractivity contribution in [3.8, 4) is 0 Å². The van der Waals surface area contributed by atoms with Crippen molar-refractivity contribution in [1.29, 1.82) is 0 Å². The van der Waals surface area contributed by atoms with E-state index in [0.717, 1.165) is 6.20 Å². The van der Waals surface area contributed by atoms with Crippen molar-refractivity contribution in [1.82, 2.24) is 14.5 Å². The predicted octanol–water partition coefficient (Wildman–Crippen LogP) is -2.89. The third kappa shape index (κ3) is 3.97. The van der Waals surface area contributed by atoms with E-state index < -0.39 is 42.3 Å². The van der Waals surface area contributed by atoms with Crippen LogP contribution in [0.1, 0.15) is 5.56 Å². The molecule has 0 radical (unpaired) electrons. The maximum absolute atomic E-state index is 13.1. The van der Waals surface area contributed by atoms with Crippen LogP contribution in [-0.2, 0) is 24.7 Å². The number of nitrogen functional groups attached to an aromatic ring is 1. The van der Waals surface area contributed by atoms with Gasteiger partial charge in [-0.25, -0.2) is 9.59 Å². The fourth-order valence-corrected chi connectivity index (χ4v) is 3.49. The van der Waals surface area contributed by atoms with Gasteiger partial charge in [-0.15, -0.1) is 0 Å². The predicted molar refractivity (Wildman–Crippen MR) is 103 cm³/mol. The number of aliphatic hydroxyl groups is 3. The van der Waals surface area contributed by atoms with Gasteiger partial charge < -0.3 is 35.3 Å². The van der Waals surface area contributed by atoms with E-state index in [0.29, 0.717) is 37.4 Å². The van der Waals surface area contributed by atoms with E-state index in [1.807, 2.05) is 4.90 Å². The molecule has 1 aromatic heterocycles. The number of morpholine rings is 1. The lowest BCUT2D eigenvalue weighted by Gasteiger charge is -2.32. The number of carbonyl (C=O) groups is 1. The van der Waals surface area contributed by atoms with Gasteiger partial charge >= 0.3 is 11.7 Å². The minimum Gasteiger partial charge on any atom is -0.461 e. The van der Waals surface area contributed by atoms with Gasteiger partial charge in [0.05, 0.1) is 19.8 Å². The molecular weight excluding hydrogens is 400 g/mol. The Kier molecular flexibility index (Phi) is 6.85. The van der Waals surface area contributed by atoms with Crippen molar-refractivity contribution in [2.75, 3.05) is 51.8 Å². The van der Waals surface area contributed by atoms with Crippen LogP contribution in [0.4, 0.5) is 5.82 Å². The van der Waals surface area contributed by atoms with Gasteiger partial charge in [0.2, 0.25) is 0 Å². The highest BCUT2D eigenvalue weighted by Gasteiger charge is 2.62. The summed E-state index contributed by atoms with van der Waals surface area (Å²) in [5.74, 6) is -1.24. The molecule has 166 valence electrons. The van der Waals surface area contributed by atoms with Gasteiger partial charge in [-0.3, -0.25) is 9.47 Å². The highest BCUT2D eigenvalue weighted by atomic mass is 16.6. The van der Waals surface area contributed by atoms with Crippen molar-refractivity contribution in [2.24, 2.45) is 0 Å². The second-order valence-electron chi connectivity index (χ2n) is 7.00. The van der Waals surface area contributed by atoms with Crippen LogP contribution in [0.25, 0.3) is 6.08 Å². The zero-order valence-corrected chi connectivity index (χ0v) is 16.3. The standard InChI is InChI=1S/C18H26N4O8/c1-2-11-9-22(17(27)20-15(11)19)18(14(25)13(24)12(10-23)30-18)16(26)29-8-5-21-3-6-28-7-4-21/h2,9,12-14,23-25H,1,3-8,10H2,(H2,19,20,27)/t12-,13-,14-,18+/m1/s1. The summed E-state index contributed by atoms with van der Waals surface area (Å²) in [4.78, 5) is 31.3. The number of hydrogen-bond donors (Lipinski definition) is 4. The number of aromatic nitrogens is 2. The molecule has 2 saturated heterocycles. The van der Waals surface area contributed by atoms with Crippen LogP contribution in [-0.4, -0.2) is 100 Å². The fourth-order valence-electron chi connectivity index (χ4n) is 3.49. The second kappa shape index (κ2) is 9.20. The SMILES string of the molecule is C=Cc1cn([C@]2(C(=O)OCCN3CCOCC3)O[C@H](CO)[C@@H](O)[C@H]2O)c(=O)nc1N. The number of carbonyl (C=O) groups excluding carboxylic acids is 1. The van der Waals surface area contributed by atoms with Crippen molar-refractivity contribution < 1.29 is 34.3 Å². The van der Waals surface area contributed by atoms with E-state index in [1.54, 1.807) is 0 Å². The first-order valence-corrected chi connectivity index (χ1v) is 9.49. The van der Waals surface area contributed by atoms with Crippen molar-refractivity contribution in [2.45, 2.75) is 24.0 Å². The summed E-state index contributed by atoms with van der Waals surface area (Å²) >= 11 is 0. The highest BCUT2D eigenvalue weighted by Crippen LogP contribution is 2.36. The van der Waals surface area contributed by atoms with E-state index in [9.17, 15) is 24.9 Å². The molecule has 0 bridgehead atoms. The summed E-state index contributed by atoms with van der Waals surface area (Å²) in [6.07, 6.45) is -2.46. The summed E-state index contributed by atoms with van der Waals surface area (Å²) < 4.78 is 16.8. The first kappa shape index (κ1) is 22.3. The van der Waals surface area contributed by atoms with Crippen LogP contribution >= 0.6 is 0 Å². The van der Waals surface area contributed by atoms with E-state index >= 15 is 0 Å². The molecule has 2 aliphatic heterocycles. The number of esters is 1. The lowest BCUT2D eigenvalue weighted by molar-refractivity contribution is -0.202. The summed E-state index contributed by atoms with van der Waals surface area (Å²) in [5.41, 5.74) is 2.42. The average Bonchev–Trinajstić information content (AvgIpc) is 3.00. The number of hydrogen-bond acceptors (Lipinski definition) is 11. The zero-order chi connectivity index (χ0) is 21.9. The van der Waals surface area contributed by atoms with Crippen molar-refractivity contribution >= 4 is 17.9 Å². The molecule has 1 aromatic rings. The Morgan fingerprint density at radius 2 is 2.13 bits per heavy atom. The van der Waals surface area contributed by atoms with Crippen LogP contribution in [0.2, 0.25) is 0 Å². The second-order valence-corrected chi connectivity index (χ2v) is 7.00. The number of ether oxygens (including phenoxy) is 3. The maximum atomic E-state index is 13.1. The molecule has 3 heterocycles. The molecule has 0 amide bonds. The highest BCUT2D eigenvalue weighted by molar-refractivity contribution is 5.79. The Bertz CT molecular complexity index is 840. The molecule has 3 rings (SSSR count). The quantitative estimate of drug-likeness (QED) is 0.330. The summed E-state index contributed by atoms with van der Waals surface area (Å²) in [5, 5.41) is 30.4. The van der Waals surface area contributed by atoms with E-state index in [2.05, 4.69) is 11.6 Å². The lowest BCUT2D eigenvalue weighted by Crippen LogP contribution is -2.57. The smallest absolute Gasteiger partial charge is 0.363 e. The Labute approximate surface area is 172 Å². The van der Waals surface area contributed by atoms with Crippen LogP contribution in [0.3, 0.4) is 0 Å². The molecule has 0 aromatic carbocycles. The molecule has 12 nitrogen and oxygen atoms in total. The van der Waals surface area contributed by atoms with Crippen molar-refractivity contribution in [3.63, 3.8) is 0 Å². The summed E-state index contributed by atoms with van der Waals surface area (Å²) in [7, 11) is 0. The summed E-state index contributed by atoms with van der Waals surface area (Å²) in [6, 6.07) is 0. The minimum atomic E-state index is -2.45. The van der Waals surface area contributed by atoms with E-state index in [1.165, 1.54) is 6.08 Å². The van der Waals surface area contributed by atoms with Gasteiger partial charge in [-0.1, -0.05) is 12.7 Å². The first-order chi connectivity index (χ1) is 14.3. The molecule has 0 unspecified atom stereocenters. The number of aliphatic hydroxyl groups excluding tert-OH is 3. The molecule has 30 heavy (non-hydrogen) atoms. The largest absolute Gasteiger partial charge is 0.461 e. The lowest BCUT2D eigenvalue weighted by atomic mass is 10.0. The molecule has 4 atom stereocenters. The Morgan fingerprint density at radius 1 is 1.43 bits per heavy atom. The number of anilines is 1. The van der Waals surface area contributed by atoms with Gasteiger partial charge in [-0.05, 0) is 0 Å². The Hall–Kier alpha value is -2.35. The average molecular weight is 426 g/mol. The first-order valence-electron chi connectivity index (χ1n) is 9.49. The Balaban J connectivity index is 1.92. The van der Waals surface area contributed by atoms with Crippen LogP contribution in [0.5, 0.6) is 0 Å². The monoisotopic (exact) mass is 426 g/mol. The van der Waals surface area contributed by atoms with Crippen molar-refractivity contribution in [3.05, 3.63) is 28.8 Å². The normalized spacial score (nSPS) is 29.6. The van der Waals surface area contributed by atoms with Gasteiger partial charge in [-0.2, -0.15) is 4.98 Å². The molecule has 0 spiro atoms. The molecule has 5 N–H and O–H groups in total. The number of nitrogens with two attached hydrogens (primary N) is 1. The molecule has 0 aliphatic carbocycles.